The molecule has 0 aliphatic heterocycles. The van der Waals surface area contributed by atoms with Gasteiger partial charge in [0.05, 0.1) is 44.6 Å². The number of carboxylic acid groups (broad SMARTS) is 8. The minimum atomic E-state index is -1.20. The van der Waals surface area contributed by atoms with Crippen LogP contribution in [0.5, 0.6) is 46.0 Å². The molecule has 0 heterocycles. The lowest BCUT2D eigenvalue weighted by molar-refractivity contribution is -0.140. The number of rotatable bonds is 40. The standard InChI is InChI=1S/C116H104O24/c1-109(2,77-33-49-93(50-34-77)133-69-101(117)118)85-25-17-18-27-87(111(5,6)79-37-53-95(54-38-79)135-71-103(121)122)66-89(113(9,10)81-41-57-97(58-42-81)137-73-105(125)126)29-21-22-31-91(115(13,14)83-45-61-99(62-46-83)139-75-107(129)130)68-92(116(15,16)84-47-63-100(64-48-84)140-76-108(131)132)32-24-23-30-90(114(11,12)82-43-59-98(60-44-82)138-74-106(127)128)67-88(112(7,8)80-39-55-96(56-40-80)136-72-104(123)124)28-20-19-26-86(65-85)110(3,4)78-35-51-94(52-36-78)134-70-102(119)120/h33-64H,69-76H2,1-16H3,(H,117,118)(H,119,120)(H,121,122)(H,123,124)(H,125,126)(H,127,128)(H,129,130)(H,131,132). The summed E-state index contributed by atoms with van der Waals surface area (Å²) in [6.07, 6.45) is 0. The SMILES string of the molecule is CC(C)(C1=C=C(C(C)(C)c2ccc(OCC(=O)O)cc2)C#CC#CC(C(C)(C)c2ccc(OCC(=O)O)cc2)=C=C(C(C)(C)c2ccc(OCC(=O)O)cc2)C#CC#CC(C(C)(C)c2ccc(OCC(=O)O)cc2)=C=C(C(C)(C)c2ccc(OCC(=O)O)cc2)C#CC#CC(C(C)(C)c2ccc(OCC(=O)O)cc2)=C=C(C(C)(C)c2ccc(OCC(=O)O)cc2)C#CC#C1)c1ccc(OCC(=O)O)cc1. The van der Waals surface area contributed by atoms with Crippen LogP contribution in [0.25, 0.3) is 0 Å². The Kier molecular flexibility index (Phi) is 35.4. The van der Waals surface area contributed by atoms with Crippen molar-refractivity contribution in [3.63, 3.8) is 0 Å². The third kappa shape index (κ3) is 29.3. The summed E-state index contributed by atoms with van der Waals surface area (Å²) in [4.78, 5) is 94.4. The molecule has 8 N–H and O–H groups in total. The van der Waals surface area contributed by atoms with E-state index >= 15 is 0 Å². The Morgan fingerprint density at radius 1 is 0.171 bits per heavy atom. The number of hydrogen-bond acceptors (Lipinski definition) is 16. The maximum atomic E-state index is 11.8. The number of allylic oxidation sites excluding steroid dienone is 4. The Balaban J connectivity index is 1.56. The van der Waals surface area contributed by atoms with Crippen LogP contribution in [0.3, 0.4) is 0 Å². The highest BCUT2D eigenvalue weighted by molar-refractivity contribution is 5.73. The summed E-state index contributed by atoms with van der Waals surface area (Å²) < 4.78 is 44.9. The Morgan fingerprint density at radius 3 is 0.336 bits per heavy atom. The minimum absolute atomic E-state index is 0.250. The monoisotopic (exact) mass is 1880 g/mol. The molecule has 8 aromatic rings. The van der Waals surface area contributed by atoms with Crippen molar-refractivity contribution in [3.05, 3.63) is 306 Å². The highest BCUT2D eigenvalue weighted by Gasteiger charge is 2.36. The van der Waals surface area contributed by atoms with Crippen LogP contribution in [-0.2, 0) is 81.7 Å². The maximum absolute atomic E-state index is 11.8. The van der Waals surface area contributed by atoms with Gasteiger partial charge in [-0.3, -0.25) is 0 Å². The Morgan fingerprint density at radius 2 is 0.257 bits per heavy atom. The smallest absolute Gasteiger partial charge is 0.341 e. The summed E-state index contributed by atoms with van der Waals surface area (Å²) in [5.41, 5.74) is 12.8. The Bertz CT molecular complexity index is 5690. The van der Waals surface area contributed by atoms with E-state index in [1.165, 1.54) is 0 Å². The third-order valence-electron chi connectivity index (χ3n) is 23.3. The van der Waals surface area contributed by atoms with Crippen molar-refractivity contribution in [1.29, 1.82) is 0 Å². The molecule has 9 rings (SSSR count). The third-order valence-corrected chi connectivity index (χ3v) is 23.3. The fourth-order valence-corrected chi connectivity index (χ4v) is 14.1. The van der Waals surface area contributed by atoms with Crippen LogP contribution in [0.4, 0.5) is 0 Å². The molecule has 0 radical (unpaired) electrons. The topological polar surface area (TPSA) is 372 Å². The molecule has 0 amide bonds. The second-order valence-electron chi connectivity index (χ2n) is 36.2. The van der Waals surface area contributed by atoms with Gasteiger partial charge < -0.3 is 78.7 Å². The van der Waals surface area contributed by atoms with E-state index in [1.807, 2.05) is 111 Å². The van der Waals surface area contributed by atoms with Crippen LogP contribution in [0.1, 0.15) is 155 Å². The number of hydrogen-bond donors (Lipinski definition) is 8. The fraction of sp³-hybridized carbons (Fsp3) is 0.276. The molecule has 0 saturated carbocycles. The largest absolute Gasteiger partial charge is 0.482 e. The predicted molar refractivity (Wildman–Crippen MR) is 525 cm³/mol. The van der Waals surface area contributed by atoms with Crippen molar-refractivity contribution in [1.82, 2.24) is 0 Å². The number of benzene rings is 8. The molecule has 24 heteroatoms. The second-order valence-corrected chi connectivity index (χ2v) is 36.2. The van der Waals surface area contributed by atoms with Crippen LogP contribution < -0.4 is 37.9 Å². The molecule has 0 spiro atoms. The molecule has 1 aliphatic rings. The van der Waals surface area contributed by atoms with Gasteiger partial charge in [0, 0.05) is 43.3 Å². The molecule has 0 aromatic heterocycles. The molecule has 0 atom stereocenters. The van der Waals surface area contributed by atoms with Gasteiger partial charge in [-0.05, 0) is 236 Å². The van der Waals surface area contributed by atoms with Crippen LogP contribution >= 0.6 is 0 Å². The molecule has 8 aromatic carbocycles. The molecule has 1 aliphatic carbocycles. The zero-order valence-electron chi connectivity index (χ0n) is 80.2. The van der Waals surface area contributed by atoms with E-state index < -0.39 is 144 Å². The van der Waals surface area contributed by atoms with Gasteiger partial charge in [0.25, 0.3) is 0 Å². The average molecular weight is 1880 g/mol. The van der Waals surface area contributed by atoms with E-state index in [0.29, 0.717) is 89.1 Å². The van der Waals surface area contributed by atoms with Crippen molar-refractivity contribution in [3.8, 4) is 141 Å². The van der Waals surface area contributed by atoms with Gasteiger partial charge in [-0.25, -0.2) is 38.4 Å². The Labute approximate surface area is 814 Å². The second kappa shape index (κ2) is 46.6. The fourth-order valence-electron chi connectivity index (χ4n) is 14.1. The lowest BCUT2D eigenvalue weighted by Gasteiger charge is -2.27. The van der Waals surface area contributed by atoms with Crippen LogP contribution in [-0.4, -0.2) is 141 Å². The lowest BCUT2D eigenvalue weighted by atomic mass is 9.74. The number of carboxylic acids is 8. The Hall–Kier alpha value is -17.5. The van der Waals surface area contributed by atoms with Gasteiger partial charge in [0.15, 0.2) is 52.9 Å². The van der Waals surface area contributed by atoms with Crippen molar-refractivity contribution in [2.45, 2.75) is 154 Å². The summed E-state index contributed by atoms with van der Waals surface area (Å²) in [6, 6.07) is 54.1. The van der Waals surface area contributed by atoms with Crippen molar-refractivity contribution < 1.29 is 117 Å². The molecule has 712 valence electrons. The minimum Gasteiger partial charge on any atom is -0.482 e. The zero-order valence-corrected chi connectivity index (χ0v) is 80.2. The van der Waals surface area contributed by atoms with Crippen LogP contribution in [0.15, 0.2) is 262 Å². The first kappa shape index (κ1) is 106. The van der Waals surface area contributed by atoms with Gasteiger partial charge in [0.2, 0.25) is 0 Å². The molecular weight excluding hydrogens is 1780 g/mol. The maximum Gasteiger partial charge on any atom is 0.341 e. The van der Waals surface area contributed by atoms with E-state index in [1.54, 1.807) is 194 Å². The molecule has 0 bridgehead atoms. The van der Waals surface area contributed by atoms with Gasteiger partial charge in [-0.1, -0.05) is 231 Å². The van der Waals surface area contributed by atoms with Crippen LogP contribution in [0.2, 0.25) is 0 Å². The molecule has 0 saturated heterocycles. The average Bonchev–Trinajstić information content (AvgIpc) is 0.789. The highest BCUT2D eigenvalue weighted by atomic mass is 16.5. The molecule has 140 heavy (non-hydrogen) atoms. The summed E-state index contributed by atoms with van der Waals surface area (Å²) in [6.45, 7) is 25.3. The first-order valence-corrected chi connectivity index (χ1v) is 43.8. The molecular formula is C116H104O24. The number of ether oxygens (including phenoxy) is 8. The first-order valence-electron chi connectivity index (χ1n) is 43.8. The van der Waals surface area contributed by atoms with E-state index in [9.17, 15) is 79.2 Å². The van der Waals surface area contributed by atoms with Gasteiger partial charge in [0.1, 0.15) is 46.0 Å². The van der Waals surface area contributed by atoms with Crippen molar-refractivity contribution in [2.75, 3.05) is 52.9 Å². The van der Waals surface area contributed by atoms with Crippen molar-refractivity contribution >= 4 is 47.8 Å². The zero-order chi connectivity index (χ0) is 103. The van der Waals surface area contributed by atoms with E-state index in [0.717, 1.165) is 0 Å². The summed E-state index contributed by atoms with van der Waals surface area (Å²) in [7, 11) is 0. The molecule has 0 fully saturated rings. The number of aliphatic carboxylic acids is 8. The molecule has 0 unspecified atom stereocenters. The quantitative estimate of drug-likeness (QED) is 0.0131. The van der Waals surface area contributed by atoms with E-state index in [4.69, 9.17) is 37.9 Å². The molecule has 24 nitrogen and oxygen atoms in total. The van der Waals surface area contributed by atoms with Gasteiger partial charge in [-0.15, -0.1) is 0 Å². The first-order chi connectivity index (χ1) is 66.0. The summed E-state index contributed by atoms with van der Waals surface area (Å²) in [5.74, 6) is 44.8. The summed E-state index contributed by atoms with van der Waals surface area (Å²) >= 11 is 0. The normalized spacial score (nSPS) is 12.6. The van der Waals surface area contributed by atoms with Crippen molar-refractivity contribution in [2.24, 2.45) is 0 Å². The van der Waals surface area contributed by atoms with Gasteiger partial charge >= 0.3 is 47.8 Å². The lowest BCUT2D eigenvalue weighted by Crippen LogP contribution is -2.22. The summed E-state index contributed by atoms with van der Waals surface area (Å²) in [5, 5.41) is 77.1. The highest BCUT2D eigenvalue weighted by Crippen LogP contribution is 2.43. The van der Waals surface area contributed by atoms with E-state index in [-0.39, 0.29) is 46.0 Å². The van der Waals surface area contributed by atoms with E-state index in [2.05, 4.69) is 118 Å². The number of carbonyl (C=O) groups is 8. The van der Waals surface area contributed by atoms with Gasteiger partial charge in [-0.2, -0.15) is 0 Å². The predicted octanol–water partition coefficient (Wildman–Crippen LogP) is 17.4. The van der Waals surface area contributed by atoms with Crippen LogP contribution in [0, 0.1) is 94.7 Å².